The number of anilines is 1. The predicted octanol–water partition coefficient (Wildman–Crippen LogP) is 7.56. The lowest BCUT2D eigenvalue weighted by Gasteiger charge is -2.11. The number of amides is 1. The lowest BCUT2D eigenvalue weighted by molar-refractivity contribution is -0.384. The predicted molar refractivity (Wildman–Crippen MR) is 147 cm³/mol. The van der Waals surface area contributed by atoms with Crippen LogP contribution in [-0.2, 0) is 12.9 Å². The Labute approximate surface area is 236 Å². The Morgan fingerprint density at radius 2 is 1.60 bits per heavy atom. The zero-order valence-electron chi connectivity index (χ0n) is 21.6. The molecule has 0 spiro atoms. The Morgan fingerprint density at radius 3 is 2.31 bits per heavy atom. The summed E-state index contributed by atoms with van der Waals surface area (Å²) in [6, 6.07) is 26.2. The normalized spacial score (nSPS) is 11.1. The molecule has 0 radical (unpaired) electrons. The van der Waals surface area contributed by atoms with E-state index in [1.54, 1.807) is 0 Å². The highest BCUT2D eigenvalue weighted by atomic mass is 19.4. The topological polar surface area (TPSA) is 109 Å². The molecule has 0 saturated carbocycles. The number of halogens is 3. The summed E-state index contributed by atoms with van der Waals surface area (Å²) in [7, 11) is 0. The maximum Gasteiger partial charge on any atom is 0.416 e. The molecule has 4 aromatic carbocycles. The number of rotatable bonds is 9. The quantitative estimate of drug-likeness (QED) is 0.144. The van der Waals surface area contributed by atoms with Crippen LogP contribution in [0.5, 0.6) is 17.2 Å². The fourth-order valence-electron chi connectivity index (χ4n) is 3.96. The molecule has 5 aromatic rings. The Hall–Kier alpha value is -5.65. The third-order valence-electron chi connectivity index (χ3n) is 5.96. The summed E-state index contributed by atoms with van der Waals surface area (Å²) in [5.74, 6) is -0.403. The minimum atomic E-state index is -4.59. The fraction of sp³-hybridized carbons (Fsp3) is 0.0667. The highest BCUT2D eigenvalue weighted by Gasteiger charge is 2.30. The van der Waals surface area contributed by atoms with E-state index in [-0.39, 0.29) is 29.6 Å². The van der Waals surface area contributed by atoms with Gasteiger partial charge in [0.1, 0.15) is 17.2 Å². The number of ether oxygens (including phenoxy) is 2. The second-order valence-corrected chi connectivity index (χ2v) is 8.96. The third-order valence-corrected chi connectivity index (χ3v) is 5.96. The number of nitrogens with zero attached hydrogens (tertiary/aromatic N) is 3. The van der Waals surface area contributed by atoms with Gasteiger partial charge in [-0.15, -0.1) is 0 Å². The molecule has 0 saturated heterocycles. The van der Waals surface area contributed by atoms with Gasteiger partial charge in [0.2, 0.25) is 0 Å². The molecule has 0 atom stereocenters. The number of nitrogens with one attached hydrogen (secondary N) is 1. The first-order valence-electron chi connectivity index (χ1n) is 12.4. The van der Waals surface area contributed by atoms with Crippen molar-refractivity contribution in [3.05, 3.63) is 131 Å². The van der Waals surface area contributed by atoms with Gasteiger partial charge in [0.05, 0.1) is 22.2 Å². The van der Waals surface area contributed by atoms with E-state index in [2.05, 4.69) is 10.4 Å². The molecule has 5 rings (SSSR count). The molecule has 1 amide bonds. The van der Waals surface area contributed by atoms with E-state index in [0.717, 1.165) is 41.5 Å². The molecule has 0 unspecified atom stereocenters. The largest absolute Gasteiger partial charge is 0.471 e. The first kappa shape index (κ1) is 27.9. The molecule has 0 aliphatic rings. The summed E-state index contributed by atoms with van der Waals surface area (Å²) in [6.07, 6.45) is -3.06. The van der Waals surface area contributed by atoms with E-state index in [1.165, 1.54) is 29.1 Å². The van der Waals surface area contributed by atoms with E-state index >= 15 is 0 Å². The second kappa shape index (κ2) is 11.8. The van der Waals surface area contributed by atoms with Crippen LogP contribution in [0.2, 0.25) is 0 Å². The van der Waals surface area contributed by atoms with E-state index in [4.69, 9.17) is 9.47 Å². The van der Waals surface area contributed by atoms with Crippen LogP contribution in [0.3, 0.4) is 0 Å². The molecular weight excluding hydrogens is 553 g/mol. The number of hydrogen-bond donors (Lipinski definition) is 1. The highest BCUT2D eigenvalue weighted by molar-refractivity contribution is 6.03. The maximum atomic E-state index is 13.0. The van der Waals surface area contributed by atoms with Gasteiger partial charge in [0, 0.05) is 18.3 Å². The number of aromatic nitrogens is 2. The van der Waals surface area contributed by atoms with Crippen molar-refractivity contribution < 1.29 is 32.4 Å². The van der Waals surface area contributed by atoms with Crippen LogP contribution in [0.15, 0.2) is 109 Å². The zero-order chi connectivity index (χ0) is 29.7. The second-order valence-electron chi connectivity index (χ2n) is 8.96. The first-order valence-corrected chi connectivity index (χ1v) is 12.4. The zero-order valence-corrected chi connectivity index (χ0v) is 21.6. The Kier molecular flexibility index (Phi) is 7.87. The van der Waals surface area contributed by atoms with Crippen LogP contribution in [-0.4, -0.2) is 20.6 Å². The van der Waals surface area contributed by atoms with Gasteiger partial charge in [-0.05, 0) is 47.5 Å². The number of nitro benzene ring substituents is 1. The van der Waals surface area contributed by atoms with Crippen molar-refractivity contribution in [1.29, 1.82) is 0 Å². The Bertz CT molecular complexity index is 1720. The molecular formula is C30H21F3N4O5. The van der Waals surface area contributed by atoms with E-state index in [9.17, 15) is 28.1 Å². The Balaban J connectivity index is 1.24. The minimum Gasteiger partial charge on any atom is -0.471 e. The van der Waals surface area contributed by atoms with E-state index in [0.29, 0.717) is 5.75 Å². The van der Waals surface area contributed by atoms with Crippen molar-refractivity contribution in [1.82, 2.24) is 9.78 Å². The summed E-state index contributed by atoms with van der Waals surface area (Å²) in [5.41, 5.74) is 0.718. The van der Waals surface area contributed by atoms with Gasteiger partial charge >= 0.3 is 6.18 Å². The van der Waals surface area contributed by atoms with E-state index < -0.39 is 28.3 Å². The molecule has 1 heterocycles. The van der Waals surface area contributed by atoms with Crippen molar-refractivity contribution >= 4 is 17.3 Å². The van der Waals surface area contributed by atoms with Crippen LogP contribution in [0.1, 0.15) is 16.1 Å². The molecule has 212 valence electrons. The smallest absolute Gasteiger partial charge is 0.416 e. The molecule has 12 heteroatoms. The van der Waals surface area contributed by atoms with Crippen molar-refractivity contribution in [2.45, 2.75) is 12.9 Å². The molecule has 1 aromatic heterocycles. The molecule has 0 fully saturated rings. The van der Waals surface area contributed by atoms with Crippen molar-refractivity contribution in [2.24, 2.45) is 0 Å². The van der Waals surface area contributed by atoms with Crippen molar-refractivity contribution in [3.8, 4) is 28.4 Å². The van der Waals surface area contributed by atoms with Crippen LogP contribution in [0.25, 0.3) is 11.1 Å². The average molecular weight is 575 g/mol. The summed E-state index contributed by atoms with van der Waals surface area (Å²) in [4.78, 5) is 23.5. The standard InChI is InChI=1S/C30H21F3N4O5/c31-30(32,33)22-7-4-8-26(15-22)42-27-17-23(16-24(18-27)37(39)40)34-29(38)28-13-14-36(35-28)19-41-25-11-9-21(10-12-25)20-5-2-1-3-6-20/h1-18H,19H2,(H,34,38). The van der Waals surface area contributed by atoms with Gasteiger partial charge in [-0.2, -0.15) is 18.3 Å². The van der Waals surface area contributed by atoms with E-state index in [1.807, 2.05) is 54.6 Å². The van der Waals surface area contributed by atoms with Gasteiger partial charge < -0.3 is 14.8 Å². The van der Waals surface area contributed by atoms with Gasteiger partial charge in [-0.1, -0.05) is 48.5 Å². The summed E-state index contributed by atoms with van der Waals surface area (Å²) >= 11 is 0. The third kappa shape index (κ3) is 6.91. The van der Waals surface area contributed by atoms with Crippen LogP contribution in [0, 0.1) is 10.1 Å². The lowest BCUT2D eigenvalue weighted by Crippen LogP contribution is -2.14. The summed E-state index contributed by atoms with van der Waals surface area (Å²) in [6.45, 7) is 0.0176. The molecule has 9 nitrogen and oxygen atoms in total. The number of hydrogen-bond acceptors (Lipinski definition) is 6. The van der Waals surface area contributed by atoms with Crippen LogP contribution in [0.4, 0.5) is 24.5 Å². The molecule has 42 heavy (non-hydrogen) atoms. The van der Waals surface area contributed by atoms with Gasteiger partial charge in [0.15, 0.2) is 12.4 Å². The lowest BCUT2D eigenvalue weighted by atomic mass is 10.1. The number of non-ortho nitro benzene ring substituents is 1. The van der Waals surface area contributed by atoms with Gasteiger partial charge in [-0.25, -0.2) is 4.68 Å². The van der Waals surface area contributed by atoms with Gasteiger partial charge in [-0.3, -0.25) is 14.9 Å². The highest BCUT2D eigenvalue weighted by Crippen LogP contribution is 2.34. The van der Waals surface area contributed by atoms with Crippen molar-refractivity contribution in [3.63, 3.8) is 0 Å². The van der Waals surface area contributed by atoms with Crippen LogP contribution >= 0.6 is 0 Å². The van der Waals surface area contributed by atoms with Gasteiger partial charge in [0.25, 0.3) is 11.6 Å². The molecule has 0 aliphatic carbocycles. The SMILES string of the molecule is O=C(Nc1cc(Oc2cccc(C(F)(F)F)c2)cc([N+](=O)[O-])c1)c1ccn(COc2ccc(-c3ccccc3)cc2)n1. The number of carbonyl (C=O) groups is 1. The number of benzene rings is 4. The Morgan fingerprint density at radius 1 is 0.857 bits per heavy atom. The first-order chi connectivity index (χ1) is 20.1. The summed E-state index contributed by atoms with van der Waals surface area (Å²) < 4.78 is 51.7. The summed E-state index contributed by atoms with van der Waals surface area (Å²) in [5, 5.41) is 18.1. The molecule has 0 aliphatic heterocycles. The number of nitro groups is 1. The molecule has 0 bridgehead atoms. The maximum absolute atomic E-state index is 13.0. The monoisotopic (exact) mass is 574 g/mol. The van der Waals surface area contributed by atoms with Crippen LogP contribution < -0.4 is 14.8 Å². The fourth-order valence-corrected chi connectivity index (χ4v) is 3.96. The number of carbonyl (C=O) groups excluding carboxylic acids is 1. The number of alkyl halides is 3. The minimum absolute atomic E-state index is 0.00452. The average Bonchev–Trinajstić information content (AvgIpc) is 3.46. The molecule has 1 N–H and O–H groups in total. The van der Waals surface area contributed by atoms with Crippen molar-refractivity contribution in [2.75, 3.05) is 5.32 Å².